The second kappa shape index (κ2) is 12.8. The number of aliphatic hydroxyl groups is 1. The zero-order chi connectivity index (χ0) is 30.6. The van der Waals surface area contributed by atoms with Gasteiger partial charge in [-0.15, -0.1) is 0 Å². The molecule has 0 bridgehead atoms. The van der Waals surface area contributed by atoms with E-state index in [1.165, 1.54) is 6.07 Å². The summed E-state index contributed by atoms with van der Waals surface area (Å²) in [5.41, 5.74) is 8.69. The summed E-state index contributed by atoms with van der Waals surface area (Å²) < 4.78 is 14.7. The lowest BCUT2D eigenvalue weighted by Gasteiger charge is -2.14. The van der Waals surface area contributed by atoms with E-state index in [-0.39, 0.29) is 5.82 Å². The number of aromatic amines is 2. The summed E-state index contributed by atoms with van der Waals surface area (Å²) in [5, 5.41) is 25.4. The lowest BCUT2D eigenvalue weighted by Crippen LogP contribution is -2.20. The maximum absolute atomic E-state index is 14.7. The molecular weight excluding hydrogens is 555 g/mol. The quantitative estimate of drug-likeness (QED) is 0.0985. The van der Waals surface area contributed by atoms with Gasteiger partial charge in [0.05, 0.1) is 28.8 Å². The second-order valence-corrected chi connectivity index (χ2v) is 11.3. The van der Waals surface area contributed by atoms with E-state index in [0.29, 0.717) is 18.7 Å². The summed E-state index contributed by atoms with van der Waals surface area (Å²) in [6.45, 7) is 3.66. The van der Waals surface area contributed by atoms with Crippen molar-refractivity contribution in [2.45, 2.75) is 32.4 Å². The van der Waals surface area contributed by atoms with Gasteiger partial charge in [0.2, 0.25) is 0 Å². The van der Waals surface area contributed by atoms with E-state index in [4.69, 9.17) is 4.98 Å². The Balaban J connectivity index is 1.32. The van der Waals surface area contributed by atoms with Crippen molar-refractivity contribution in [2.75, 3.05) is 37.8 Å². The van der Waals surface area contributed by atoms with E-state index in [1.54, 1.807) is 18.5 Å². The smallest absolute Gasteiger partial charge is 0.135 e. The standard InChI is InChI=1S/C34H37FN8O/c1-4-5-9-32(44)38-25-16-22(19-36-20-25)28-10-11-30-33(40-28)34(42-41-30)31-18-27-26(7-6-8-29(27)39-31)21-14-23(35)17-24(15-21)37-12-13-43(2)3/h6-8,10-11,14-20,32,37-39,44H,4-5,9,12-13H2,1-3H3,(H,41,42). The highest BCUT2D eigenvalue weighted by Gasteiger charge is 2.16. The SMILES string of the molecule is CCCCC(O)Nc1cncc(-c2ccc3[nH]nc(-c4cc5c(-c6cc(F)cc(NCCN(C)C)c6)cccc5[nH]4)c3n2)c1. The molecule has 6 rings (SSSR count). The molecule has 0 aliphatic carbocycles. The fraction of sp³-hybridized carbons (Fsp3) is 0.265. The first-order chi connectivity index (χ1) is 21.4. The highest BCUT2D eigenvalue weighted by molar-refractivity contribution is 6.00. The molecule has 0 aliphatic heterocycles. The molecule has 0 fully saturated rings. The number of fused-ring (bicyclic) bond motifs is 2. The summed E-state index contributed by atoms with van der Waals surface area (Å²) >= 11 is 0. The molecule has 6 aromatic rings. The maximum atomic E-state index is 14.7. The van der Waals surface area contributed by atoms with Crippen LogP contribution in [0.5, 0.6) is 0 Å². The van der Waals surface area contributed by atoms with Crippen molar-refractivity contribution in [3.05, 3.63) is 78.9 Å². The second-order valence-electron chi connectivity index (χ2n) is 11.3. The first kappa shape index (κ1) is 29.3. The molecule has 0 radical (unpaired) electrons. The van der Waals surface area contributed by atoms with E-state index >= 15 is 0 Å². The van der Waals surface area contributed by atoms with Crippen molar-refractivity contribution in [3.8, 4) is 33.8 Å². The molecule has 4 aromatic heterocycles. The van der Waals surface area contributed by atoms with Crippen LogP contribution in [0, 0.1) is 5.82 Å². The van der Waals surface area contributed by atoms with E-state index in [9.17, 15) is 9.50 Å². The fourth-order valence-corrected chi connectivity index (χ4v) is 5.37. The van der Waals surface area contributed by atoms with Gasteiger partial charge in [0.1, 0.15) is 23.3 Å². The van der Waals surface area contributed by atoms with Crippen LogP contribution in [0.4, 0.5) is 15.8 Å². The van der Waals surface area contributed by atoms with Crippen LogP contribution in [0.15, 0.2) is 73.1 Å². The van der Waals surface area contributed by atoms with Gasteiger partial charge in [-0.25, -0.2) is 9.37 Å². The number of nitrogens with zero attached hydrogens (tertiary/aromatic N) is 4. The number of pyridine rings is 2. The van der Waals surface area contributed by atoms with Gasteiger partial charge < -0.3 is 25.6 Å². The highest BCUT2D eigenvalue weighted by Crippen LogP contribution is 2.35. The van der Waals surface area contributed by atoms with Crippen LogP contribution in [0.25, 0.3) is 55.7 Å². The average molecular weight is 593 g/mol. The molecule has 1 unspecified atom stereocenters. The monoisotopic (exact) mass is 592 g/mol. The van der Waals surface area contributed by atoms with Crippen LogP contribution in [0.1, 0.15) is 26.2 Å². The van der Waals surface area contributed by atoms with Gasteiger partial charge in [0, 0.05) is 41.4 Å². The Kier molecular flexibility index (Phi) is 8.53. The lowest BCUT2D eigenvalue weighted by atomic mass is 10.0. The number of hydrogen-bond donors (Lipinski definition) is 5. The molecule has 0 aliphatic rings. The number of benzene rings is 2. The molecule has 0 saturated heterocycles. The first-order valence-electron chi connectivity index (χ1n) is 14.9. The van der Waals surface area contributed by atoms with Gasteiger partial charge in [-0.05, 0) is 86.6 Å². The molecule has 9 nitrogen and oxygen atoms in total. The predicted octanol–water partition coefficient (Wildman–Crippen LogP) is 6.87. The van der Waals surface area contributed by atoms with Crippen molar-refractivity contribution in [2.24, 2.45) is 0 Å². The number of likely N-dealkylation sites (N-methyl/N-ethyl adjacent to an activating group) is 1. The third-order valence-corrected chi connectivity index (χ3v) is 7.62. The van der Waals surface area contributed by atoms with E-state index in [1.807, 2.05) is 62.6 Å². The summed E-state index contributed by atoms with van der Waals surface area (Å²) in [4.78, 5) is 14.9. The third-order valence-electron chi connectivity index (χ3n) is 7.62. The summed E-state index contributed by atoms with van der Waals surface area (Å²) in [7, 11) is 4.02. The van der Waals surface area contributed by atoms with Crippen molar-refractivity contribution in [3.63, 3.8) is 0 Å². The Labute approximate surface area is 255 Å². The summed E-state index contributed by atoms with van der Waals surface area (Å²) in [6.07, 6.45) is 5.46. The molecule has 4 heterocycles. The number of aromatic nitrogens is 5. The highest BCUT2D eigenvalue weighted by atomic mass is 19.1. The van der Waals surface area contributed by atoms with Crippen molar-refractivity contribution in [1.82, 2.24) is 30.0 Å². The minimum atomic E-state index is -0.631. The zero-order valence-corrected chi connectivity index (χ0v) is 25.2. The Hall–Kier alpha value is -4.80. The van der Waals surface area contributed by atoms with Crippen molar-refractivity contribution >= 4 is 33.3 Å². The van der Waals surface area contributed by atoms with Gasteiger partial charge in [0.15, 0.2) is 0 Å². The van der Waals surface area contributed by atoms with E-state index in [0.717, 1.165) is 80.8 Å². The molecular formula is C34H37FN8O. The number of anilines is 2. The Morgan fingerprint density at radius 1 is 0.977 bits per heavy atom. The topological polar surface area (TPSA) is 118 Å². The normalized spacial score (nSPS) is 12.3. The number of unbranched alkanes of at least 4 members (excludes halogenated alkanes) is 1. The van der Waals surface area contributed by atoms with Gasteiger partial charge in [-0.3, -0.25) is 10.1 Å². The number of aliphatic hydroxyl groups excluding tert-OH is 1. The molecule has 0 amide bonds. The fourth-order valence-electron chi connectivity index (χ4n) is 5.37. The molecule has 226 valence electrons. The predicted molar refractivity (Wildman–Crippen MR) is 176 cm³/mol. The maximum Gasteiger partial charge on any atom is 0.135 e. The number of H-pyrrole nitrogens is 2. The molecule has 1 atom stereocenters. The summed E-state index contributed by atoms with van der Waals surface area (Å²) in [6, 6.07) is 18.9. The van der Waals surface area contributed by atoms with Crippen LogP contribution >= 0.6 is 0 Å². The van der Waals surface area contributed by atoms with Gasteiger partial charge in [-0.2, -0.15) is 5.10 Å². The summed E-state index contributed by atoms with van der Waals surface area (Å²) in [5.74, 6) is -0.290. The van der Waals surface area contributed by atoms with Crippen LogP contribution in [-0.2, 0) is 0 Å². The molecule has 10 heteroatoms. The Bertz CT molecular complexity index is 1900. The minimum Gasteiger partial charge on any atom is -0.384 e. The first-order valence-corrected chi connectivity index (χ1v) is 14.9. The van der Waals surface area contributed by atoms with Crippen LogP contribution < -0.4 is 10.6 Å². The average Bonchev–Trinajstić information content (AvgIpc) is 3.63. The van der Waals surface area contributed by atoms with E-state index in [2.05, 4.69) is 42.6 Å². The number of nitrogens with one attached hydrogen (secondary N) is 4. The molecule has 44 heavy (non-hydrogen) atoms. The number of halogens is 1. The minimum absolute atomic E-state index is 0.290. The molecule has 5 N–H and O–H groups in total. The van der Waals surface area contributed by atoms with Crippen LogP contribution in [0.3, 0.4) is 0 Å². The Morgan fingerprint density at radius 3 is 2.68 bits per heavy atom. The van der Waals surface area contributed by atoms with Crippen molar-refractivity contribution in [1.29, 1.82) is 0 Å². The van der Waals surface area contributed by atoms with Crippen LogP contribution in [-0.4, -0.2) is 68.6 Å². The largest absolute Gasteiger partial charge is 0.384 e. The lowest BCUT2D eigenvalue weighted by molar-refractivity contribution is 0.190. The van der Waals surface area contributed by atoms with Gasteiger partial charge in [-0.1, -0.05) is 25.5 Å². The molecule has 2 aromatic carbocycles. The third kappa shape index (κ3) is 6.41. The van der Waals surface area contributed by atoms with Gasteiger partial charge in [0.25, 0.3) is 0 Å². The zero-order valence-electron chi connectivity index (χ0n) is 25.2. The van der Waals surface area contributed by atoms with Crippen molar-refractivity contribution < 1.29 is 9.50 Å². The number of rotatable bonds is 12. The van der Waals surface area contributed by atoms with Crippen LogP contribution in [0.2, 0.25) is 0 Å². The molecule has 0 saturated carbocycles. The number of hydrogen-bond acceptors (Lipinski definition) is 7. The van der Waals surface area contributed by atoms with E-state index < -0.39 is 6.23 Å². The molecule has 0 spiro atoms. The Morgan fingerprint density at radius 2 is 1.84 bits per heavy atom. The van der Waals surface area contributed by atoms with Gasteiger partial charge >= 0.3 is 0 Å².